The molecular weight excluding hydrogens is 316 g/mol. The predicted molar refractivity (Wildman–Crippen MR) is 104 cm³/mol. The Balaban J connectivity index is 1.92. The van der Waals surface area contributed by atoms with E-state index in [0.717, 1.165) is 30.5 Å². The molecule has 0 amide bonds. The van der Waals surface area contributed by atoms with Gasteiger partial charge in [0.05, 0.1) is 5.01 Å². The second-order valence-corrected chi connectivity index (χ2v) is 7.33. The number of aryl methyl sites for hydroxylation is 1. The molecule has 0 aliphatic heterocycles. The summed E-state index contributed by atoms with van der Waals surface area (Å²) in [5.74, 6) is 1.29. The molecule has 0 fully saturated rings. The zero-order valence-corrected chi connectivity index (χ0v) is 15.9. The Kier molecular flexibility index (Phi) is 7.25. The fourth-order valence-corrected chi connectivity index (χ4v) is 3.26. The van der Waals surface area contributed by atoms with Gasteiger partial charge in [0.15, 0.2) is 5.96 Å². The molecule has 24 heavy (non-hydrogen) atoms. The van der Waals surface area contributed by atoms with Crippen molar-refractivity contribution in [2.24, 2.45) is 4.99 Å². The molecule has 2 rings (SSSR count). The highest BCUT2D eigenvalue weighted by molar-refractivity contribution is 7.11. The lowest BCUT2D eigenvalue weighted by Gasteiger charge is -2.24. The van der Waals surface area contributed by atoms with Gasteiger partial charge in [-0.15, -0.1) is 11.3 Å². The average Bonchev–Trinajstić information content (AvgIpc) is 3.00. The van der Waals surface area contributed by atoms with Crippen molar-refractivity contribution >= 4 is 17.3 Å². The largest absolute Gasteiger partial charge is 0.357 e. The predicted octanol–water partition coefficient (Wildman–Crippen LogP) is 3.74. The lowest BCUT2D eigenvalue weighted by atomic mass is 9.94. The summed E-state index contributed by atoms with van der Waals surface area (Å²) in [5, 5.41) is 8.01. The van der Waals surface area contributed by atoms with Crippen molar-refractivity contribution in [3.63, 3.8) is 0 Å². The number of nitrogens with one attached hydrogen (secondary N) is 2. The van der Waals surface area contributed by atoms with E-state index in [0.29, 0.717) is 12.0 Å². The van der Waals surface area contributed by atoms with Crippen LogP contribution in [0.1, 0.15) is 42.1 Å². The van der Waals surface area contributed by atoms with Crippen LogP contribution in [0.2, 0.25) is 0 Å². The van der Waals surface area contributed by atoms with Gasteiger partial charge in [0.2, 0.25) is 0 Å². The number of guanidine groups is 1. The van der Waals surface area contributed by atoms with E-state index in [9.17, 15) is 0 Å². The maximum Gasteiger partial charge on any atom is 0.191 e. The van der Waals surface area contributed by atoms with Gasteiger partial charge in [-0.25, -0.2) is 4.98 Å². The van der Waals surface area contributed by atoms with Crippen molar-refractivity contribution in [3.05, 3.63) is 52.0 Å². The first-order valence-corrected chi connectivity index (χ1v) is 9.43. The van der Waals surface area contributed by atoms with Crippen molar-refractivity contribution in [2.75, 3.05) is 13.1 Å². The minimum Gasteiger partial charge on any atom is -0.357 e. The standard InChI is InChI=1S/C19H28N4S/c1-5-20-19(21-12-11-18-22-13-14(2)24-18)23-16(4)15(3)17-9-7-6-8-10-17/h6-10,13,15-16H,5,11-12H2,1-4H3,(H2,20,21,23). The topological polar surface area (TPSA) is 49.3 Å². The number of benzene rings is 1. The Labute approximate surface area is 149 Å². The molecule has 4 nitrogen and oxygen atoms in total. The summed E-state index contributed by atoms with van der Waals surface area (Å²) in [6.45, 7) is 10.2. The first-order valence-electron chi connectivity index (χ1n) is 8.61. The van der Waals surface area contributed by atoms with Crippen LogP contribution in [0.4, 0.5) is 0 Å². The molecule has 0 aliphatic rings. The highest BCUT2D eigenvalue weighted by atomic mass is 32.1. The summed E-state index contributed by atoms with van der Waals surface area (Å²) in [7, 11) is 0. The van der Waals surface area contributed by atoms with E-state index in [1.54, 1.807) is 11.3 Å². The Morgan fingerprint density at radius 2 is 2.00 bits per heavy atom. The Hall–Kier alpha value is -1.88. The molecule has 2 aromatic rings. The van der Waals surface area contributed by atoms with Crippen LogP contribution in [0.25, 0.3) is 0 Å². The van der Waals surface area contributed by atoms with Crippen molar-refractivity contribution in [3.8, 4) is 0 Å². The summed E-state index contributed by atoms with van der Waals surface area (Å²) in [6, 6.07) is 10.9. The van der Waals surface area contributed by atoms with Crippen LogP contribution in [-0.2, 0) is 6.42 Å². The van der Waals surface area contributed by atoms with Crippen LogP contribution in [0.5, 0.6) is 0 Å². The van der Waals surface area contributed by atoms with E-state index in [2.05, 4.69) is 73.6 Å². The van der Waals surface area contributed by atoms with Crippen LogP contribution in [0.3, 0.4) is 0 Å². The third-order valence-corrected chi connectivity index (χ3v) is 5.02. The van der Waals surface area contributed by atoms with Gasteiger partial charge in [-0.2, -0.15) is 0 Å². The van der Waals surface area contributed by atoms with Crippen molar-refractivity contribution in [2.45, 2.75) is 46.1 Å². The first kappa shape index (κ1) is 18.5. The average molecular weight is 345 g/mol. The molecule has 0 aliphatic carbocycles. The van der Waals surface area contributed by atoms with Crippen molar-refractivity contribution in [1.82, 2.24) is 15.6 Å². The normalized spacial score (nSPS) is 14.2. The molecule has 5 heteroatoms. The zero-order valence-electron chi connectivity index (χ0n) is 15.0. The minimum absolute atomic E-state index is 0.298. The SMILES string of the molecule is CCNC(=NCCc1ncc(C)s1)NC(C)C(C)c1ccccc1. The molecule has 2 unspecified atom stereocenters. The van der Waals surface area contributed by atoms with Crippen LogP contribution in [-0.4, -0.2) is 30.1 Å². The number of aromatic nitrogens is 1. The summed E-state index contributed by atoms with van der Waals surface area (Å²) >= 11 is 1.75. The van der Waals surface area contributed by atoms with Crippen molar-refractivity contribution < 1.29 is 0 Å². The summed E-state index contributed by atoms with van der Waals surface area (Å²) in [4.78, 5) is 10.3. The Bertz CT molecular complexity index is 636. The molecule has 0 bridgehead atoms. The van der Waals surface area contributed by atoms with E-state index in [1.165, 1.54) is 10.4 Å². The van der Waals surface area contributed by atoms with Crippen LogP contribution in [0, 0.1) is 6.92 Å². The van der Waals surface area contributed by atoms with E-state index in [4.69, 9.17) is 4.99 Å². The van der Waals surface area contributed by atoms with Crippen molar-refractivity contribution in [1.29, 1.82) is 0 Å². The zero-order chi connectivity index (χ0) is 17.4. The molecule has 1 heterocycles. The molecule has 0 spiro atoms. The number of aliphatic imine (C=N–C) groups is 1. The highest BCUT2D eigenvalue weighted by Gasteiger charge is 2.15. The molecule has 1 aromatic carbocycles. The quantitative estimate of drug-likeness (QED) is 0.594. The Morgan fingerprint density at radius 1 is 1.25 bits per heavy atom. The second-order valence-electron chi connectivity index (χ2n) is 6.01. The summed E-state index contributed by atoms with van der Waals surface area (Å²) < 4.78 is 0. The Morgan fingerprint density at radius 3 is 2.62 bits per heavy atom. The fourth-order valence-electron chi connectivity index (χ4n) is 2.49. The molecule has 0 saturated carbocycles. The van der Waals surface area contributed by atoms with Gasteiger partial charge in [0.1, 0.15) is 0 Å². The summed E-state index contributed by atoms with van der Waals surface area (Å²) in [6.07, 6.45) is 2.81. The molecular formula is C19H28N4S. The van der Waals surface area contributed by atoms with E-state index in [-0.39, 0.29) is 0 Å². The van der Waals surface area contributed by atoms with Gasteiger partial charge >= 0.3 is 0 Å². The van der Waals surface area contributed by atoms with Gasteiger partial charge < -0.3 is 10.6 Å². The summed E-state index contributed by atoms with van der Waals surface area (Å²) in [5.41, 5.74) is 1.34. The van der Waals surface area contributed by atoms with E-state index >= 15 is 0 Å². The third-order valence-electron chi connectivity index (χ3n) is 4.05. The molecule has 2 atom stereocenters. The maximum absolute atomic E-state index is 4.70. The number of hydrogen-bond acceptors (Lipinski definition) is 3. The van der Waals surface area contributed by atoms with Gasteiger partial charge in [-0.3, -0.25) is 4.99 Å². The molecule has 1 aromatic heterocycles. The van der Waals surface area contributed by atoms with Gasteiger partial charge in [-0.05, 0) is 26.3 Å². The number of nitrogens with zero attached hydrogens (tertiary/aromatic N) is 2. The van der Waals surface area contributed by atoms with Gasteiger partial charge in [0, 0.05) is 42.5 Å². The molecule has 0 saturated heterocycles. The van der Waals surface area contributed by atoms with Gasteiger partial charge in [0.25, 0.3) is 0 Å². The first-order chi connectivity index (χ1) is 11.6. The number of hydrogen-bond donors (Lipinski definition) is 2. The van der Waals surface area contributed by atoms with E-state index in [1.807, 2.05) is 6.20 Å². The lowest BCUT2D eigenvalue weighted by Crippen LogP contribution is -2.44. The smallest absolute Gasteiger partial charge is 0.191 e. The third kappa shape index (κ3) is 5.64. The van der Waals surface area contributed by atoms with Crippen LogP contribution < -0.4 is 10.6 Å². The molecule has 130 valence electrons. The minimum atomic E-state index is 0.298. The molecule has 0 radical (unpaired) electrons. The van der Waals surface area contributed by atoms with Crippen LogP contribution in [0.15, 0.2) is 41.5 Å². The van der Waals surface area contributed by atoms with Crippen LogP contribution >= 0.6 is 11.3 Å². The second kappa shape index (κ2) is 9.42. The highest BCUT2D eigenvalue weighted by Crippen LogP contribution is 2.18. The van der Waals surface area contributed by atoms with Gasteiger partial charge in [-0.1, -0.05) is 37.3 Å². The maximum atomic E-state index is 4.70. The monoisotopic (exact) mass is 344 g/mol. The molecule has 2 N–H and O–H groups in total. The van der Waals surface area contributed by atoms with E-state index < -0.39 is 0 Å². The fraction of sp³-hybridized carbons (Fsp3) is 0.474. The lowest BCUT2D eigenvalue weighted by molar-refractivity contribution is 0.550. The number of rotatable bonds is 7. The number of thiazole rings is 1.